The molecular weight excluding hydrogens is 298 g/mol. The minimum absolute atomic E-state index is 0. The van der Waals surface area contributed by atoms with Gasteiger partial charge in [-0.25, -0.2) is 0 Å². The standard InChI is InChI=1S/C17H29N3O.ClH/c1-14(2)15(3)19-17(21)13-20(12-10-18)11-9-16-7-5-4-6-8-16;/h4-8,14-15H,9-13,18H2,1-3H3,(H,19,21);1H. The number of nitrogens with zero attached hydrogens (tertiary/aromatic N) is 1. The topological polar surface area (TPSA) is 58.4 Å². The number of hydrogen-bond donors (Lipinski definition) is 2. The fraction of sp³-hybridized carbons (Fsp3) is 0.588. The molecule has 0 aromatic heterocycles. The highest BCUT2D eigenvalue weighted by Crippen LogP contribution is 2.02. The summed E-state index contributed by atoms with van der Waals surface area (Å²) in [5, 5.41) is 3.04. The molecule has 1 aromatic carbocycles. The molecule has 1 rings (SSSR count). The molecule has 0 saturated heterocycles. The Bertz CT molecular complexity index is 412. The molecule has 1 amide bonds. The number of nitrogens with one attached hydrogen (secondary N) is 1. The molecule has 1 aromatic rings. The monoisotopic (exact) mass is 327 g/mol. The van der Waals surface area contributed by atoms with Crippen LogP contribution in [0.15, 0.2) is 30.3 Å². The highest BCUT2D eigenvalue weighted by molar-refractivity contribution is 5.85. The molecule has 0 aliphatic rings. The summed E-state index contributed by atoms with van der Waals surface area (Å²) in [6.45, 7) is 8.85. The Hall–Kier alpha value is -1.10. The van der Waals surface area contributed by atoms with Crippen molar-refractivity contribution >= 4 is 18.3 Å². The quantitative estimate of drug-likeness (QED) is 0.730. The van der Waals surface area contributed by atoms with E-state index in [1.165, 1.54) is 5.56 Å². The lowest BCUT2D eigenvalue weighted by atomic mass is 10.1. The normalized spacial score (nSPS) is 12.1. The van der Waals surface area contributed by atoms with Gasteiger partial charge in [-0.3, -0.25) is 9.69 Å². The van der Waals surface area contributed by atoms with Crippen molar-refractivity contribution in [1.82, 2.24) is 10.2 Å². The van der Waals surface area contributed by atoms with Crippen molar-refractivity contribution in [3.05, 3.63) is 35.9 Å². The molecule has 3 N–H and O–H groups in total. The summed E-state index contributed by atoms with van der Waals surface area (Å²) >= 11 is 0. The number of nitrogens with two attached hydrogens (primary N) is 1. The first-order chi connectivity index (χ1) is 10.0. The maximum absolute atomic E-state index is 12.1. The molecule has 0 saturated carbocycles. The third-order valence-electron chi connectivity index (χ3n) is 3.76. The van der Waals surface area contributed by atoms with E-state index in [0.717, 1.165) is 19.5 Å². The van der Waals surface area contributed by atoms with Crippen LogP contribution in [0.25, 0.3) is 0 Å². The van der Waals surface area contributed by atoms with Gasteiger partial charge in [-0.05, 0) is 24.8 Å². The van der Waals surface area contributed by atoms with Gasteiger partial charge in [-0.1, -0.05) is 44.2 Å². The average molecular weight is 328 g/mol. The predicted octanol–water partition coefficient (Wildman–Crippen LogP) is 2.07. The van der Waals surface area contributed by atoms with Gasteiger partial charge in [0.05, 0.1) is 6.54 Å². The molecule has 0 aliphatic heterocycles. The Morgan fingerprint density at radius 2 is 1.82 bits per heavy atom. The minimum Gasteiger partial charge on any atom is -0.352 e. The van der Waals surface area contributed by atoms with E-state index in [1.54, 1.807) is 0 Å². The first kappa shape index (κ1) is 20.9. The van der Waals surface area contributed by atoms with Gasteiger partial charge >= 0.3 is 0 Å². The molecule has 1 unspecified atom stereocenters. The van der Waals surface area contributed by atoms with Crippen molar-refractivity contribution in [2.45, 2.75) is 33.2 Å². The lowest BCUT2D eigenvalue weighted by Gasteiger charge is -2.23. The molecule has 0 spiro atoms. The van der Waals surface area contributed by atoms with Gasteiger partial charge in [0.25, 0.3) is 0 Å². The third kappa shape index (κ3) is 8.37. The molecule has 0 aliphatic carbocycles. The predicted molar refractivity (Wildman–Crippen MR) is 95.3 cm³/mol. The minimum atomic E-state index is 0. The summed E-state index contributed by atoms with van der Waals surface area (Å²) in [4.78, 5) is 14.2. The van der Waals surface area contributed by atoms with Crippen LogP contribution in [0.4, 0.5) is 0 Å². The van der Waals surface area contributed by atoms with E-state index in [0.29, 0.717) is 19.0 Å². The van der Waals surface area contributed by atoms with Gasteiger partial charge in [-0.2, -0.15) is 0 Å². The number of rotatable bonds is 9. The van der Waals surface area contributed by atoms with E-state index in [1.807, 2.05) is 25.1 Å². The summed E-state index contributed by atoms with van der Waals surface area (Å²) in [7, 11) is 0. The molecule has 5 heteroatoms. The Morgan fingerprint density at radius 3 is 2.36 bits per heavy atom. The third-order valence-corrected chi connectivity index (χ3v) is 3.76. The zero-order valence-corrected chi connectivity index (χ0v) is 14.7. The second-order valence-corrected chi connectivity index (χ2v) is 5.90. The summed E-state index contributed by atoms with van der Waals surface area (Å²) in [5.74, 6) is 0.527. The van der Waals surface area contributed by atoms with Crippen LogP contribution in [0.1, 0.15) is 26.3 Å². The van der Waals surface area contributed by atoms with Crippen LogP contribution in [0.5, 0.6) is 0 Å². The van der Waals surface area contributed by atoms with Crippen LogP contribution in [0.3, 0.4) is 0 Å². The van der Waals surface area contributed by atoms with Crippen molar-refractivity contribution in [2.24, 2.45) is 11.7 Å². The number of carbonyl (C=O) groups excluding carboxylic acids is 1. The first-order valence-electron chi connectivity index (χ1n) is 7.78. The van der Waals surface area contributed by atoms with E-state index in [4.69, 9.17) is 5.73 Å². The van der Waals surface area contributed by atoms with Crippen LogP contribution >= 0.6 is 12.4 Å². The molecule has 22 heavy (non-hydrogen) atoms. The lowest BCUT2D eigenvalue weighted by molar-refractivity contribution is -0.123. The van der Waals surface area contributed by atoms with Gasteiger partial charge in [0, 0.05) is 25.7 Å². The number of carbonyl (C=O) groups is 1. The average Bonchev–Trinajstić information content (AvgIpc) is 2.46. The maximum Gasteiger partial charge on any atom is 0.234 e. The highest BCUT2D eigenvalue weighted by Gasteiger charge is 2.14. The van der Waals surface area contributed by atoms with E-state index in [2.05, 4.69) is 36.2 Å². The molecule has 1 atom stereocenters. The zero-order valence-electron chi connectivity index (χ0n) is 13.9. The van der Waals surface area contributed by atoms with Crippen molar-refractivity contribution in [2.75, 3.05) is 26.2 Å². The van der Waals surface area contributed by atoms with Gasteiger partial charge in [-0.15, -0.1) is 12.4 Å². The number of amides is 1. The second-order valence-electron chi connectivity index (χ2n) is 5.90. The van der Waals surface area contributed by atoms with E-state index in [9.17, 15) is 4.79 Å². The fourth-order valence-corrected chi connectivity index (χ4v) is 2.05. The molecule has 0 fully saturated rings. The zero-order chi connectivity index (χ0) is 15.7. The second kappa shape index (κ2) is 11.5. The Morgan fingerprint density at radius 1 is 1.18 bits per heavy atom. The van der Waals surface area contributed by atoms with Crippen LogP contribution in [0, 0.1) is 5.92 Å². The Balaban J connectivity index is 0.00000441. The van der Waals surface area contributed by atoms with Crippen molar-refractivity contribution < 1.29 is 4.79 Å². The first-order valence-corrected chi connectivity index (χ1v) is 7.78. The number of benzene rings is 1. The summed E-state index contributed by atoms with van der Waals surface area (Å²) < 4.78 is 0. The molecule has 0 radical (unpaired) electrons. The van der Waals surface area contributed by atoms with E-state index in [-0.39, 0.29) is 24.4 Å². The van der Waals surface area contributed by atoms with Gasteiger partial charge in [0.1, 0.15) is 0 Å². The van der Waals surface area contributed by atoms with Crippen LogP contribution in [-0.4, -0.2) is 43.0 Å². The molecular formula is C17H30ClN3O. The largest absolute Gasteiger partial charge is 0.352 e. The molecule has 126 valence electrons. The van der Waals surface area contributed by atoms with Crippen molar-refractivity contribution in [3.8, 4) is 0 Å². The van der Waals surface area contributed by atoms with E-state index < -0.39 is 0 Å². The lowest BCUT2D eigenvalue weighted by Crippen LogP contribution is -2.44. The highest BCUT2D eigenvalue weighted by atomic mass is 35.5. The van der Waals surface area contributed by atoms with Gasteiger partial charge in [0.2, 0.25) is 5.91 Å². The SMILES string of the molecule is CC(C)C(C)NC(=O)CN(CCN)CCc1ccccc1.Cl. The smallest absolute Gasteiger partial charge is 0.234 e. The summed E-state index contributed by atoms with van der Waals surface area (Å²) in [5.41, 5.74) is 6.94. The Kier molecular flexibility index (Phi) is 10.9. The van der Waals surface area contributed by atoms with Crippen LogP contribution < -0.4 is 11.1 Å². The summed E-state index contributed by atoms with van der Waals surface area (Å²) in [6.07, 6.45) is 0.938. The Labute approximate surface area is 140 Å². The fourth-order valence-electron chi connectivity index (χ4n) is 2.05. The molecule has 4 nitrogen and oxygen atoms in total. The number of halogens is 1. The van der Waals surface area contributed by atoms with E-state index >= 15 is 0 Å². The maximum atomic E-state index is 12.1. The molecule has 0 heterocycles. The summed E-state index contributed by atoms with van der Waals surface area (Å²) in [6, 6.07) is 10.5. The van der Waals surface area contributed by atoms with Gasteiger partial charge < -0.3 is 11.1 Å². The van der Waals surface area contributed by atoms with Crippen molar-refractivity contribution in [1.29, 1.82) is 0 Å². The van der Waals surface area contributed by atoms with Gasteiger partial charge in [0.15, 0.2) is 0 Å². The van der Waals surface area contributed by atoms with Crippen molar-refractivity contribution in [3.63, 3.8) is 0 Å². The molecule has 0 bridgehead atoms. The van der Waals surface area contributed by atoms with Crippen LogP contribution in [0.2, 0.25) is 0 Å². The number of hydrogen-bond acceptors (Lipinski definition) is 3. The van der Waals surface area contributed by atoms with Crippen LogP contribution in [-0.2, 0) is 11.2 Å².